The van der Waals surface area contributed by atoms with E-state index < -0.39 is 34.1 Å². The van der Waals surface area contributed by atoms with E-state index in [0.29, 0.717) is 23.2 Å². The van der Waals surface area contributed by atoms with Crippen LogP contribution in [0, 0.1) is 0 Å². The fraction of sp³-hybridized carbons (Fsp3) is 0.333. The van der Waals surface area contributed by atoms with Crippen LogP contribution in [0.2, 0.25) is 0 Å². The number of anilines is 1. The Labute approximate surface area is 207 Å². The summed E-state index contributed by atoms with van der Waals surface area (Å²) in [7, 11) is -2.31. The van der Waals surface area contributed by atoms with Gasteiger partial charge in [-0.2, -0.15) is 4.31 Å². The lowest BCUT2D eigenvalue weighted by atomic mass is 10.1. The third-order valence-electron chi connectivity index (χ3n) is 6.24. The van der Waals surface area contributed by atoms with E-state index in [1.165, 1.54) is 54.0 Å². The number of benzene rings is 2. The van der Waals surface area contributed by atoms with Crippen LogP contribution >= 0.6 is 0 Å². The molecule has 1 aromatic heterocycles. The molecule has 1 aliphatic rings. The molecule has 1 saturated heterocycles. The summed E-state index contributed by atoms with van der Waals surface area (Å²) < 4.78 is 34.3. The highest BCUT2D eigenvalue weighted by atomic mass is 32.2. The average Bonchev–Trinajstić information content (AvgIpc) is 2.85. The Bertz CT molecular complexity index is 1500. The molecule has 3 N–H and O–H groups in total. The van der Waals surface area contributed by atoms with Gasteiger partial charge < -0.3 is 15.8 Å². The van der Waals surface area contributed by atoms with Crippen molar-refractivity contribution < 1.29 is 22.7 Å². The summed E-state index contributed by atoms with van der Waals surface area (Å²) in [6.07, 6.45) is 3.89. The molecular formula is C24H27N5O6S. The van der Waals surface area contributed by atoms with Crippen LogP contribution in [0.15, 0.2) is 52.3 Å². The predicted molar refractivity (Wildman–Crippen MR) is 133 cm³/mol. The molecule has 0 saturated carbocycles. The van der Waals surface area contributed by atoms with Crippen molar-refractivity contribution in [1.82, 2.24) is 13.9 Å². The number of amides is 2. The van der Waals surface area contributed by atoms with E-state index in [1.54, 1.807) is 0 Å². The number of methoxy groups -OCH3 is 1. The maximum atomic E-state index is 13.2. The highest BCUT2D eigenvalue weighted by Gasteiger charge is 2.31. The summed E-state index contributed by atoms with van der Waals surface area (Å²) in [6, 6.07) is 8.64. The van der Waals surface area contributed by atoms with Gasteiger partial charge in [-0.05, 0) is 56.2 Å². The van der Waals surface area contributed by atoms with Crippen molar-refractivity contribution in [2.75, 3.05) is 19.0 Å². The van der Waals surface area contributed by atoms with Gasteiger partial charge in [0.05, 0.1) is 23.2 Å². The largest absolute Gasteiger partial charge is 0.495 e. The summed E-state index contributed by atoms with van der Waals surface area (Å²) >= 11 is 0. The number of primary amides is 1. The Morgan fingerprint density at radius 3 is 2.67 bits per heavy atom. The van der Waals surface area contributed by atoms with Crippen LogP contribution in [-0.2, 0) is 21.4 Å². The van der Waals surface area contributed by atoms with Crippen molar-refractivity contribution in [2.24, 2.45) is 5.73 Å². The lowest BCUT2D eigenvalue weighted by Crippen LogP contribution is -2.41. The number of rotatable bonds is 7. The van der Waals surface area contributed by atoms with Gasteiger partial charge in [0.15, 0.2) is 0 Å². The molecule has 36 heavy (non-hydrogen) atoms. The number of hydrogen-bond acceptors (Lipinski definition) is 7. The van der Waals surface area contributed by atoms with E-state index in [1.807, 2.05) is 6.92 Å². The molecule has 0 bridgehead atoms. The minimum Gasteiger partial charge on any atom is -0.495 e. The zero-order valence-electron chi connectivity index (χ0n) is 19.9. The maximum Gasteiger partial charge on any atom is 0.348 e. The van der Waals surface area contributed by atoms with E-state index in [9.17, 15) is 22.8 Å². The molecule has 4 rings (SSSR count). The molecule has 1 aliphatic heterocycles. The van der Waals surface area contributed by atoms with Gasteiger partial charge in [0.1, 0.15) is 12.3 Å². The molecular weight excluding hydrogens is 486 g/mol. The molecule has 0 unspecified atom stereocenters. The number of carbonyl (C=O) groups is 2. The van der Waals surface area contributed by atoms with Crippen molar-refractivity contribution in [3.05, 3.63) is 58.6 Å². The van der Waals surface area contributed by atoms with Gasteiger partial charge in [0.25, 0.3) is 0 Å². The minimum atomic E-state index is -3.72. The Hall–Kier alpha value is -3.77. The van der Waals surface area contributed by atoms with Gasteiger partial charge in [-0.3, -0.25) is 14.2 Å². The van der Waals surface area contributed by atoms with Crippen molar-refractivity contribution in [2.45, 2.75) is 43.7 Å². The van der Waals surface area contributed by atoms with Crippen molar-refractivity contribution in [3.63, 3.8) is 0 Å². The van der Waals surface area contributed by atoms with Crippen molar-refractivity contribution in [1.29, 1.82) is 0 Å². The molecule has 0 spiro atoms. The number of nitrogens with zero attached hydrogens (tertiary/aromatic N) is 3. The van der Waals surface area contributed by atoms with Crippen molar-refractivity contribution in [3.8, 4) is 5.75 Å². The standard InChI is InChI=1S/C24H27N5O6S/c1-15-5-3-4-10-29(15)36(33,34)18-7-8-20-17(11-18)13-26-24(32)28(20)14-22(30)27-19-12-16(23(25)31)6-9-21(19)35-2/h6-9,11-13,15H,3-5,10,14H2,1-2H3,(H2,25,31)(H,27,30)/t15-/m1/s1. The van der Waals surface area contributed by atoms with Crippen LogP contribution in [0.25, 0.3) is 10.9 Å². The van der Waals surface area contributed by atoms with Gasteiger partial charge in [-0.1, -0.05) is 6.42 Å². The Kier molecular flexibility index (Phi) is 7.09. The van der Waals surface area contributed by atoms with E-state index in [-0.39, 0.29) is 22.2 Å². The zero-order chi connectivity index (χ0) is 26.0. The number of hydrogen-bond donors (Lipinski definition) is 2. The van der Waals surface area contributed by atoms with Gasteiger partial charge in [0, 0.05) is 29.7 Å². The molecule has 2 heterocycles. The molecule has 2 aromatic carbocycles. The SMILES string of the molecule is COc1ccc(C(N)=O)cc1NC(=O)Cn1c(=O)ncc2cc(S(=O)(=O)N3CCCC[C@H]3C)ccc21. The summed E-state index contributed by atoms with van der Waals surface area (Å²) in [5, 5.41) is 3.02. The van der Waals surface area contributed by atoms with Crippen LogP contribution < -0.4 is 21.5 Å². The molecule has 3 aromatic rings. The second kappa shape index (κ2) is 10.1. The molecule has 11 nitrogen and oxygen atoms in total. The summed E-state index contributed by atoms with van der Waals surface area (Å²) in [4.78, 5) is 40.8. The van der Waals surface area contributed by atoms with Crippen LogP contribution in [0.3, 0.4) is 0 Å². The summed E-state index contributed by atoms with van der Waals surface area (Å²) in [5.41, 5.74) is 5.39. The first kappa shape index (κ1) is 25.3. The minimum absolute atomic E-state index is 0.0970. The van der Waals surface area contributed by atoms with Crippen LogP contribution in [0.1, 0.15) is 36.5 Å². The van der Waals surface area contributed by atoms with Crippen molar-refractivity contribution >= 4 is 38.4 Å². The zero-order valence-corrected chi connectivity index (χ0v) is 20.7. The Morgan fingerprint density at radius 1 is 1.19 bits per heavy atom. The molecule has 0 radical (unpaired) electrons. The summed E-state index contributed by atoms with van der Waals surface area (Å²) in [6.45, 7) is 1.95. The number of nitrogens with two attached hydrogens (primary N) is 1. The maximum absolute atomic E-state index is 13.2. The second-order valence-corrected chi connectivity index (χ2v) is 10.5. The van der Waals surface area contributed by atoms with E-state index >= 15 is 0 Å². The van der Waals surface area contributed by atoms with E-state index in [4.69, 9.17) is 10.5 Å². The van der Waals surface area contributed by atoms with Crippen LogP contribution in [0.5, 0.6) is 5.75 Å². The van der Waals surface area contributed by atoms with Gasteiger partial charge >= 0.3 is 5.69 Å². The molecule has 190 valence electrons. The number of sulfonamides is 1. The summed E-state index contributed by atoms with van der Waals surface area (Å²) in [5.74, 6) is -0.948. The lowest BCUT2D eigenvalue weighted by Gasteiger charge is -2.32. The Balaban J connectivity index is 1.64. The second-order valence-electron chi connectivity index (χ2n) is 8.64. The first-order valence-corrected chi connectivity index (χ1v) is 12.8. The molecule has 0 aliphatic carbocycles. The molecule has 12 heteroatoms. The van der Waals surface area contributed by atoms with E-state index in [2.05, 4.69) is 10.3 Å². The van der Waals surface area contributed by atoms with E-state index in [0.717, 1.165) is 23.8 Å². The first-order chi connectivity index (χ1) is 17.1. The topological polar surface area (TPSA) is 154 Å². The highest BCUT2D eigenvalue weighted by Crippen LogP contribution is 2.28. The fourth-order valence-electron chi connectivity index (χ4n) is 4.35. The van der Waals surface area contributed by atoms with Gasteiger partial charge in [0.2, 0.25) is 21.8 Å². The molecule has 2 amide bonds. The number of aromatic nitrogens is 2. The number of ether oxygens (including phenoxy) is 1. The molecule has 1 atom stereocenters. The average molecular weight is 514 g/mol. The fourth-order valence-corrected chi connectivity index (χ4v) is 6.08. The highest BCUT2D eigenvalue weighted by molar-refractivity contribution is 7.89. The quantitative estimate of drug-likeness (QED) is 0.487. The first-order valence-electron chi connectivity index (χ1n) is 11.4. The van der Waals surface area contributed by atoms with Gasteiger partial charge in [-0.15, -0.1) is 0 Å². The predicted octanol–water partition coefficient (Wildman–Crippen LogP) is 1.71. The monoisotopic (exact) mass is 513 g/mol. The molecule has 1 fully saturated rings. The number of nitrogens with one attached hydrogen (secondary N) is 1. The number of fused-ring (bicyclic) bond motifs is 1. The van der Waals surface area contributed by atoms with Crippen LogP contribution in [-0.4, -0.2) is 53.8 Å². The number of carbonyl (C=O) groups excluding carboxylic acids is 2. The van der Waals surface area contributed by atoms with Gasteiger partial charge in [-0.25, -0.2) is 18.2 Å². The number of piperidine rings is 1. The lowest BCUT2D eigenvalue weighted by molar-refractivity contribution is -0.116. The van der Waals surface area contributed by atoms with Crippen LogP contribution in [0.4, 0.5) is 5.69 Å². The normalized spacial score (nSPS) is 16.6. The third kappa shape index (κ3) is 4.95. The smallest absolute Gasteiger partial charge is 0.348 e. The Morgan fingerprint density at radius 2 is 1.97 bits per heavy atom. The third-order valence-corrected chi connectivity index (χ3v) is 8.25.